The van der Waals surface area contributed by atoms with Crippen molar-refractivity contribution in [2.45, 2.75) is 24.7 Å². The Morgan fingerprint density at radius 1 is 1.50 bits per heavy atom. The van der Waals surface area contributed by atoms with Crippen molar-refractivity contribution in [2.24, 2.45) is 5.14 Å². The average Bonchev–Trinajstić information content (AvgIpc) is 2.88. The summed E-state index contributed by atoms with van der Waals surface area (Å²) < 4.78 is 33.0. The first-order valence-electron chi connectivity index (χ1n) is 6.65. The average molecular weight is 303 g/mol. The van der Waals surface area contributed by atoms with E-state index in [4.69, 9.17) is 14.3 Å². The molecule has 3 N–H and O–H groups in total. The number of rotatable bonds is 6. The van der Waals surface area contributed by atoms with Crippen molar-refractivity contribution in [1.29, 1.82) is 0 Å². The van der Waals surface area contributed by atoms with Gasteiger partial charge in [0, 0.05) is 19.6 Å². The van der Waals surface area contributed by atoms with Crippen LogP contribution in [0.15, 0.2) is 21.6 Å². The van der Waals surface area contributed by atoms with Gasteiger partial charge in [0.25, 0.3) is 10.0 Å². The fourth-order valence-corrected chi connectivity index (χ4v) is 2.63. The number of nitrogens with one attached hydrogen (secondary N) is 1. The molecule has 114 valence electrons. The highest BCUT2D eigenvalue weighted by Crippen LogP contribution is 2.12. The summed E-state index contributed by atoms with van der Waals surface area (Å²) in [5.74, 6) is 0.539. The van der Waals surface area contributed by atoms with Crippen molar-refractivity contribution in [3.05, 3.63) is 17.9 Å². The first-order valence-corrected chi connectivity index (χ1v) is 8.20. The third kappa shape index (κ3) is 4.29. The van der Waals surface area contributed by atoms with Gasteiger partial charge < -0.3 is 14.5 Å². The first kappa shape index (κ1) is 15.5. The smallest absolute Gasteiger partial charge is 0.271 e. The number of ether oxygens (including phenoxy) is 1. The van der Waals surface area contributed by atoms with E-state index >= 15 is 0 Å². The molecular weight excluding hydrogens is 282 g/mol. The van der Waals surface area contributed by atoms with Gasteiger partial charge in [-0.2, -0.15) is 0 Å². The summed E-state index contributed by atoms with van der Waals surface area (Å²) in [5, 5.41) is 7.97. The van der Waals surface area contributed by atoms with E-state index in [0.29, 0.717) is 18.8 Å². The van der Waals surface area contributed by atoms with Gasteiger partial charge in [0.2, 0.25) is 5.09 Å². The number of primary sulfonamides is 1. The van der Waals surface area contributed by atoms with Gasteiger partial charge in [0.15, 0.2) is 0 Å². The molecule has 0 saturated carbocycles. The van der Waals surface area contributed by atoms with Crippen molar-refractivity contribution in [3.8, 4) is 0 Å². The van der Waals surface area contributed by atoms with Gasteiger partial charge >= 0.3 is 0 Å². The van der Waals surface area contributed by atoms with Crippen LogP contribution in [0.3, 0.4) is 0 Å². The second-order valence-electron chi connectivity index (χ2n) is 4.78. The number of likely N-dealkylation sites (N-methyl/N-ethyl adjacent to an activating group) is 1. The molecule has 0 aliphatic carbocycles. The minimum absolute atomic E-state index is 0.149. The maximum Gasteiger partial charge on any atom is 0.271 e. The lowest BCUT2D eigenvalue weighted by molar-refractivity contribution is -0.0255. The maximum atomic E-state index is 11.1. The van der Waals surface area contributed by atoms with Crippen molar-refractivity contribution in [2.75, 3.05) is 32.8 Å². The van der Waals surface area contributed by atoms with E-state index in [9.17, 15) is 8.42 Å². The highest BCUT2D eigenvalue weighted by atomic mass is 32.2. The molecule has 1 aliphatic rings. The summed E-state index contributed by atoms with van der Waals surface area (Å²) in [6.45, 7) is 6.93. The third-order valence-electron chi connectivity index (χ3n) is 3.26. The Hall–Kier alpha value is -0.930. The fraction of sp³-hybridized carbons (Fsp3) is 0.667. The van der Waals surface area contributed by atoms with Crippen molar-refractivity contribution in [3.63, 3.8) is 0 Å². The van der Waals surface area contributed by atoms with Crippen LogP contribution in [0.4, 0.5) is 0 Å². The zero-order valence-corrected chi connectivity index (χ0v) is 12.4. The van der Waals surface area contributed by atoms with Gasteiger partial charge in [-0.05, 0) is 18.7 Å². The molecule has 1 fully saturated rings. The summed E-state index contributed by atoms with van der Waals surface area (Å²) in [6.07, 6.45) is 0.149. The number of hydrogen-bond donors (Lipinski definition) is 2. The Bertz CT molecular complexity index is 529. The topological polar surface area (TPSA) is 97.8 Å². The molecule has 1 atom stereocenters. The SMILES string of the molecule is CCN1CCOC(CNCc2ccc(S(N)(=O)=O)o2)C1. The zero-order valence-electron chi connectivity index (χ0n) is 11.5. The highest BCUT2D eigenvalue weighted by molar-refractivity contribution is 7.89. The summed E-state index contributed by atoms with van der Waals surface area (Å²) in [5.41, 5.74) is 0. The van der Waals surface area contributed by atoms with Crippen LogP contribution in [-0.2, 0) is 21.3 Å². The Balaban J connectivity index is 1.77. The molecule has 7 nitrogen and oxygen atoms in total. The molecule has 20 heavy (non-hydrogen) atoms. The van der Waals surface area contributed by atoms with E-state index in [2.05, 4.69) is 17.1 Å². The van der Waals surface area contributed by atoms with Gasteiger partial charge in [-0.3, -0.25) is 4.90 Å². The molecular formula is C12H21N3O4S. The van der Waals surface area contributed by atoms with E-state index in [1.54, 1.807) is 6.07 Å². The van der Waals surface area contributed by atoms with Crippen molar-refractivity contribution >= 4 is 10.0 Å². The number of morpholine rings is 1. The van der Waals surface area contributed by atoms with Crippen LogP contribution in [0.2, 0.25) is 0 Å². The van der Waals surface area contributed by atoms with Crippen LogP contribution in [0, 0.1) is 0 Å². The fourth-order valence-electron chi connectivity index (χ4n) is 2.15. The monoisotopic (exact) mass is 303 g/mol. The standard InChI is InChI=1S/C12H21N3O4S/c1-2-15-5-6-18-11(9-15)8-14-7-10-3-4-12(19-10)20(13,16)17/h3-4,11,14H,2,5-9H2,1H3,(H2,13,16,17). The molecule has 2 rings (SSSR count). The van der Waals surface area contributed by atoms with E-state index in [-0.39, 0.29) is 11.2 Å². The minimum atomic E-state index is -3.76. The molecule has 0 bridgehead atoms. The number of sulfonamides is 1. The molecule has 1 aromatic heterocycles. The minimum Gasteiger partial charge on any atom is -0.447 e. The van der Waals surface area contributed by atoms with E-state index in [1.807, 2.05) is 0 Å². The lowest BCUT2D eigenvalue weighted by Gasteiger charge is -2.32. The summed E-state index contributed by atoms with van der Waals surface area (Å²) in [4.78, 5) is 2.34. The summed E-state index contributed by atoms with van der Waals surface area (Å²) >= 11 is 0. The summed E-state index contributed by atoms with van der Waals surface area (Å²) in [6, 6.07) is 2.97. The molecule has 1 aliphatic heterocycles. The van der Waals surface area contributed by atoms with Gasteiger partial charge in [0.1, 0.15) is 5.76 Å². The largest absolute Gasteiger partial charge is 0.447 e. The lowest BCUT2D eigenvalue weighted by Crippen LogP contribution is -2.46. The van der Waals surface area contributed by atoms with Crippen LogP contribution < -0.4 is 10.5 Å². The Morgan fingerprint density at radius 2 is 2.30 bits per heavy atom. The second-order valence-corrected chi connectivity index (χ2v) is 6.28. The van der Waals surface area contributed by atoms with Crippen molar-refractivity contribution < 1.29 is 17.6 Å². The van der Waals surface area contributed by atoms with Crippen LogP contribution in [-0.4, -0.2) is 52.2 Å². The van der Waals surface area contributed by atoms with Gasteiger partial charge in [-0.1, -0.05) is 6.92 Å². The van der Waals surface area contributed by atoms with Crippen LogP contribution in [0.25, 0.3) is 0 Å². The normalized spacial score (nSPS) is 21.2. The zero-order chi connectivity index (χ0) is 14.6. The molecule has 0 spiro atoms. The van der Waals surface area contributed by atoms with E-state index < -0.39 is 10.0 Å². The first-order chi connectivity index (χ1) is 9.49. The van der Waals surface area contributed by atoms with Gasteiger partial charge in [-0.15, -0.1) is 0 Å². The number of furan rings is 1. The number of nitrogens with two attached hydrogens (primary N) is 1. The molecule has 0 radical (unpaired) electrons. The molecule has 0 aromatic carbocycles. The quantitative estimate of drug-likeness (QED) is 0.751. The van der Waals surface area contributed by atoms with Gasteiger partial charge in [0.05, 0.1) is 19.3 Å². The molecule has 0 amide bonds. The Labute approximate surface area is 119 Å². The predicted molar refractivity (Wildman–Crippen MR) is 73.6 cm³/mol. The lowest BCUT2D eigenvalue weighted by atomic mass is 10.2. The van der Waals surface area contributed by atoms with Crippen LogP contribution >= 0.6 is 0 Å². The number of nitrogens with zero attached hydrogens (tertiary/aromatic N) is 1. The molecule has 2 heterocycles. The third-order valence-corrected chi connectivity index (χ3v) is 4.04. The highest BCUT2D eigenvalue weighted by Gasteiger charge is 2.19. The molecule has 1 aromatic rings. The molecule has 8 heteroatoms. The second kappa shape index (κ2) is 6.68. The predicted octanol–water partition coefficient (Wildman–Crippen LogP) is -0.263. The van der Waals surface area contributed by atoms with Crippen LogP contribution in [0.5, 0.6) is 0 Å². The van der Waals surface area contributed by atoms with E-state index in [1.165, 1.54) is 6.07 Å². The molecule has 1 saturated heterocycles. The van der Waals surface area contributed by atoms with Gasteiger partial charge in [-0.25, -0.2) is 13.6 Å². The maximum absolute atomic E-state index is 11.1. The Morgan fingerprint density at radius 3 is 2.95 bits per heavy atom. The molecule has 1 unspecified atom stereocenters. The Kier molecular flexibility index (Phi) is 5.17. The number of hydrogen-bond acceptors (Lipinski definition) is 6. The van der Waals surface area contributed by atoms with E-state index in [0.717, 1.165) is 26.2 Å². The van der Waals surface area contributed by atoms with Crippen molar-refractivity contribution in [1.82, 2.24) is 10.2 Å². The summed E-state index contributed by atoms with van der Waals surface area (Å²) in [7, 11) is -3.76. The van der Waals surface area contributed by atoms with Crippen LogP contribution in [0.1, 0.15) is 12.7 Å².